The molecule has 0 aromatic heterocycles. The molecule has 0 bridgehead atoms. The zero-order valence-electron chi connectivity index (χ0n) is 12.7. The number of anilines is 2. The number of amides is 1. The van der Waals surface area contributed by atoms with Gasteiger partial charge in [0.2, 0.25) is 5.91 Å². The first-order chi connectivity index (χ1) is 11.0. The van der Waals surface area contributed by atoms with E-state index < -0.39 is 5.54 Å². The fraction of sp³-hybridized carbons (Fsp3) is 0.467. The molecule has 8 heteroatoms. The van der Waals surface area contributed by atoms with E-state index in [1.54, 1.807) is 17.0 Å². The van der Waals surface area contributed by atoms with Crippen LogP contribution in [0.4, 0.5) is 11.4 Å². The summed E-state index contributed by atoms with van der Waals surface area (Å²) < 4.78 is 0. The summed E-state index contributed by atoms with van der Waals surface area (Å²) >= 11 is 6.08. The number of nitrogens with one attached hydrogen (secondary N) is 2. The van der Waals surface area contributed by atoms with Crippen LogP contribution in [0.2, 0.25) is 5.02 Å². The van der Waals surface area contributed by atoms with Crippen molar-refractivity contribution in [2.75, 3.05) is 36.8 Å². The largest absolute Gasteiger partial charge is 0.398 e. The minimum Gasteiger partial charge on any atom is -0.398 e. The van der Waals surface area contributed by atoms with E-state index in [0.29, 0.717) is 55.3 Å². The summed E-state index contributed by atoms with van der Waals surface area (Å²) in [6.07, 6.45) is 2.57. The highest BCUT2D eigenvalue weighted by Gasteiger charge is 2.52. The van der Waals surface area contributed by atoms with Crippen LogP contribution in [0.5, 0.6) is 0 Å². The lowest BCUT2D eigenvalue weighted by Gasteiger charge is -2.38. The van der Waals surface area contributed by atoms with Gasteiger partial charge in [-0.2, -0.15) is 5.48 Å². The second kappa shape index (κ2) is 5.99. The van der Waals surface area contributed by atoms with Gasteiger partial charge in [0.15, 0.2) is 0 Å². The average molecular weight is 338 g/mol. The Balaban J connectivity index is 1.72. The van der Waals surface area contributed by atoms with Gasteiger partial charge in [-0.05, 0) is 25.0 Å². The van der Waals surface area contributed by atoms with Crippen molar-refractivity contribution in [2.45, 2.75) is 18.4 Å². The van der Waals surface area contributed by atoms with Crippen molar-refractivity contribution in [3.63, 3.8) is 0 Å². The maximum atomic E-state index is 12.4. The molecule has 2 aliphatic rings. The summed E-state index contributed by atoms with van der Waals surface area (Å²) in [5.41, 5.74) is 9.27. The molecule has 23 heavy (non-hydrogen) atoms. The quantitative estimate of drug-likeness (QED) is 0.374. The van der Waals surface area contributed by atoms with E-state index in [1.807, 2.05) is 0 Å². The molecule has 0 unspecified atom stereocenters. The van der Waals surface area contributed by atoms with Crippen molar-refractivity contribution in [1.82, 2.24) is 10.4 Å². The Morgan fingerprint density at radius 3 is 2.52 bits per heavy atom. The molecular weight excluding hydrogens is 318 g/mol. The van der Waals surface area contributed by atoms with Gasteiger partial charge in [0.25, 0.3) is 0 Å². The lowest BCUT2D eigenvalue weighted by molar-refractivity contribution is -0.138. The highest BCUT2D eigenvalue weighted by Crippen LogP contribution is 2.37. The molecular formula is C15H20ClN5O2. The van der Waals surface area contributed by atoms with Crippen LogP contribution in [0.25, 0.3) is 0 Å². The van der Waals surface area contributed by atoms with Crippen LogP contribution < -0.4 is 16.1 Å². The van der Waals surface area contributed by atoms with Crippen LogP contribution in [0.15, 0.2) is 12.1 Å². The van der Waals surface area contributed by atoms with E-state index in [0.717, 1.165) is 5.69 Å². The molecule has 124 valence electrons. The van der Waals surface area contributed by atoms with Crippen LogP contribution in [0.3, 0.4) is 0 Å². The van der Waals surface area contributed by atoms with Gasteiger partial charge >= 0.3 is 0 Å². The smallest absolute Gasteiger partial charge is 0.245 e. The van der Waals surface area contributed by atoms with E-state index in [4.69, 9.17) is 28.0 Å². The van der Waals surface area contributed by atoms with Crippen LogP contribution in [-0.2, 0) is 4.79 Å². The fourth-order valence-corrected chi connectivity index (χ4v) is 3.22. The van der Waals surface area contributed by atoms with Gasteiger partial charge < -0.3 is 26.2 Å². The maximum absolute atomic E-state index is 12.4. The molecule has 3 rings (SSSR count). The molecule has 7 nitrogen and oxygen atoms in total. The summed E-state index contributed by atoms with van der Waals surface area (Å²) in [5, 5.41) is 17.2. The Bertz CT molecular complexity index is 639. The Morgan fingerprint density at radius 2 is 2.00 bits per heavy atom. The molecule has 1 aromatic rings. The predicted octanol–water partition coefficient (Wildman–Crippen LogP) is 1.08. The number of nitrogens with zero attached hydrogens (tertiary/aromatic N) is 2. The Labute approximate surface area is 139 Å². The van der Waals surface area contributed by atoms with Crippen LogP contribution >= 0.6 is 11.6 Å². The Kier molecular flexibility index (Phi) is 4.18. The summed E-state index contributed by atoms with van der Waals surface area (Å²) in [7, 11) is 0. The predicted molar refractivity (Wildman–Crippen MR) is 89.4 cm³/mol. The monoisotopic (exact) mass is 337 g/mol. The summed E-state index contributed by atoms with van der Waals surface area (Å²) in [5.74, 6) is -0.0439. The molecule has 5 N–H and O–H groups in total. The number of benzene rings is 1. The Morgan fingerprint density at radius 1 is 1.35 bits per heavy atom. The molecule has 1 amide bonds. The lowest BCUT2D eigenvalue weighted by Crippen LogP contribution is -2.55. The number of halogens is 1. The van der Waals surface area contributed by atoms with Crippen molar-refractivity contribution in [3.8, 4) is 0 Å². The van der Waals surface area contributed by atoms with E-state index in [9.17, 15) is 4.79 Å². The fourth-order valence-electron chi connectivity index (χ4n) is 2.99. The number of hydrogen-bond donors (Lipinski definition) is 4. The molecule has 1 aliphatic carbocycles. The van der Waals surface area contributed by atoms with Crippen molar-refractivity contribution in [3.05, 3.63) is 22.7 Å². The van der Waals surface area contributed by atoms with Crippen molar-refractivity contribution in [2.24, 2.45) is 0 Å². The molecule has 2 fully saturated rings. The molecule has 0 spiro atoms. The Hall–Kier alpha value is -1.83. The van der Waals surface area contributed by atoms with E-state index in [1.165, 1.54) is 6.21 Å². The minimum atomic E-state index is -0.761. The zero-order chi connectivity index (χ0) is 16.6. The van der Waals surface area contributed by atoms with Crippen LogP contribution in [0, 0.1) is 5.41 Å². The van der Waals surface area contributed by atoms with Gasteiger partial charge in [-0.3, -0.25) is 4.79 Å². The first-order valence-corrected chi connectivity index (χ1v) is 7.93. The van der Waals surface area contributed by atoms with Gasteiger partial charge in [0.1, 0.15) is 5.54 Å². The van der Waals surface area contributed by atoms with Gasteiger partial charge in [-0.25, -0.2) is 0 Å². The molecule has 1 aliphatic heterocycles. The van der Waals surface area contributed by atoms with Gasteiger partial charge in [-0.15, -0.1) is 0 Å². The van der Waals surface area contributed by atoms with Crippen LogP contribution in [-0.4, -0.2) is 53.9 Å². The standard InChI is InChI=1S/C15H20ClN5O2/c16-10-7-12(18)11(9-17)13(8-10)20-3-5-21(6-4-20)14(22)15(19-23)1-2-15/h7-9,17,19,23H,1-6,18H2. The number of hydroxylamine groups is 1. The molecule has 1 heterocycles. The number of carbonyl (C=O) groups excluding carboxylic acids is 1. The number of carbonyl (C=O) groups is 1. The van der Waals surface area contributed by atoms with Crippen LogP contribution in [0.1, 0.15) is 18.4 Å². The first-order valence-electron chi connectivity index (χ1n) is 7.56. The highest BCUT2D eigenvalue weighted by molar-refractivity contribution is 6.31. The van der Waals surface area contributed by atoms with Gasteiger partial charge in [0.05, 0.1) is 0 Å². The molecule has 1 aromatic carbocycles. The minimum absolute atomic E-state index is 0.0439. The third-order valence-corrected chi connectivity index (χ3v) is 4.80. The van der Waals surface area contributed by atoms with Crippen molar-refractivity contribution >= 4 is 35.1 Å². The summed E-state index contributed by atoms with van der Waals surface area (Å²) in [4.78, 5) is 16.2. The molecule has 0 radical (unpaired) electrons. The summed E-state index contributed by atoms with van der Waals surface area (Å²) in [6, 6.07) is 3.43. The normalized spacial score (nSPS) is 19.6. The number of nitrogen functional groups attached to an aromatic ring is 1. The third kappa shape index (κ3) is 2.87. The molecule has 1 saturated heterocycles. The SMILES string of the molecule is N=Cc1c(N)cc(Cl)cc1N1CCN(C(=O)C2(NO)CC2)CC1. The number of nitrogens with two attached hydrogens (primary N) is 1. The van der Waals surface area contributed by atoms with E-state index >= 15 is 0 Å². The van der Waals surface area contributed by atoms with Gasteiger partial charge in [0, 0.05) is 54.4 Å². The zero-order valence-corrected chi connectivity index (χ0v) is 13.4. The van der Waals surface area contributed by atoms with E-state index in [-0.39, 0.29) is 5.91 Å². The van der Waals surface area contributed by atoms with Gasteiger partial charge in [-0.1, -0.05) is 11.6 Å². The third-order valence-electron chi connectivity index (χ3n) is 4.58. The first kappa shape index (κ1) is 16.0. The topological polar surface area (TPSA) is 106 Å². The maximum Gasteiger partial charge on any atom is 0.245 e. The molecule has 1 saturated carbocycles. The van der Waals surface area contributed by atoms with Crippen molar-refractivity contribution < 1.29 is 10.0 Å². The number of hydrogen-bond acceptors (Lipinski definition) is 6. The number of rotatable bonds is 4. The second-order valence-corrected chi connectivity index (χ2v) is 6.48. The molecule has 0 atom stereocenters. The average Bonchev–Trinajstić information content (AvgIpc) is 3.35. The lowest BCUT2D eigenvalue weighted by atomic mass is 10.1. The van der Waals surface area contributed by atoms with E-state index in [2.05, 4.69) is 10.4 Å². The number of piperazine rings is 1. The second-order valence-electron chi connectivity index (χ2n) is 6.05. The summed E-state index contributed by atoms with van der Waals surface area (Å²) in [6.45, 7) is 2.39. The van der Waals surface area contributed by atoms with Crippen molar-refractivity contribution in [1.29, 1.82) is 5.41 Å². The highest BCUT2D eigenvalue weighted by atomic mass is 35.5.